The Bertz CT molecular complexity index is 991. The molecule has 0 saturated heterocycles. The molecule has 0 atom stereocenters. The van der Waals surface area contributed by atoms with Gasteiger partial charge in [0.15, 0.2) is 6.61 Å². The van der Waals surface area contributed by atoms with Gasteiger partial charge in [-0.3, -0.25) is 20.4 Å². The summed E-state index contributed by atoms with van der Waals surface area (Å²) in [5, 5.41) is 0. The smallest absolute Gasteiger partial charge is 0.276 e. The van der Waals surface area contributed by atoms with E-state index >= 15 is 0 Å². The zero-order valence-corrected chi connectivity index (χ0v) is 17.8. The molecular weight excluding hydrogens is 483 g/mol. The van der Waals surface area contributed by atoms with E-state index in [4.69, 9.17) is 9.47 Å². The standard InChI is InChI=1S/C22H19IN2O4/c1-28-20-12-9-17(13-19(20)23)22(27)25-24-21(26)14-29-18-10-7-16(8-11-18)15-5-3-2-4-6-15/h2-13H,14H2,1H3,(H,24,26)(H,25,27). The highest BCUT2D eigenvalue weighted by molar-refractivity contribution is 14.1. The summed E-state index contributed by atoms with van der Waals surface area (Å²) in [6.07, 6.45) is 0. The van der Waals surface area contributed by atoms with E-state index < -0.39 is 11.8 Å². The summed E-state index contributed by atoms with van der Waals surface area (Å²) < 4.78 is 11.4. The molecule has 0 heterocycles. The van der Waals surface area contributed by atoms with Gasteiger partial charge in [-0.1, -0.05) is 42.5 Å². The zero-order valence-electron chi connectivity index (χ0n) is 15.6. The largest absolute Gasteiger partial charge is 0.496 e. The minimum absolute atomic E-state index is 0.217. The van der Waals surface area contributed by atoms with E-state index in [1.807, 2.05) is 42.5 Å². The molecule has 3 rings (SSSR count). The fourth-order valence-electron chi connectivity index (χ4n) is 2.57. The maximum absolute atomic E-state index is 12.1. The second kappa shape index (κ2) is 9.92. The first-order valence-electron chi connectivity index (χ1n) is 8.78. The van der Waals surface area contributed by atoms with Gasteiger partial charge in [0.25, 0.3) is 11.8 Å². The molecule has 2 N–H and O–H groups in total. The van der Waals surface area contributed by atoms with Gasteiger partial charge >= 0.3 is 0 Å². The van der Waals surface area contributed by atoms with E-state index in [-0.39, 0.29) is 6.61 Å². The lowest BCUT2D eigenvalue weighted by molar-refractivity contribution is -0.123. The average molecular weight is 502 g/mol. The number of ether oxygens (including phenoxy) is 2. The topological polar surface area (TPSA) is 76.7 Å². The van der Waals surface area contributed by atoms with Crippen molar-refractivity contribution in [2.75, 3.05) is 13.7 Å². The number of hydrazine groups is 1. The molecule has 7 heteroatoms. The van der Waals surface area contributed by atoms with Crippen molar-refractivity contribution in [1.82, 2.24) is 10.9 Å². The first-order chi connectivity index (χ1) is 14.1. The molecule has 0 saturated carbocycles. The van der Waals surface area contributed by atoms with Gasteiger partial charge in [0.05, 0.1) is 10.7 Å². The number of hydrogen-bond donors (Lipinski definition) is 2. The summed E-state index contributed by atoms with van der Waals surface area (Å²) in [7, 11) is 1.56. The highest BCUT2D eigenvalue weighted by Gasteiger charge is 2.10. The highest BCUT2D eigenvalue weighted by atomic mass is 127. The summed E-state index contributed by atoms with van der Waals surface area (Å²) in [5.74, 6) is 0.355. The molecule has 0 aromatic heterocycles. The van der Waals surface area contributed by atoms with E-state index in [1.54, 1.807) is 37.4 Å². The van der Waals surface area contributed by atoms with Crippen LogP contribution in [0.5, 0.6) is 11.5 Å². The van der Waals surface area contributed by atoms with Crippen molar-refractivity contribution in [2.24, 2.45) is 0 Å². The van der Waals surface area contributed by atoms with Crippen LogP contribution < -0.4 is 20.3 Å². The van der Waals surface area contributed by atoms with Crippen LogP contribution in [0.4, 0.5) is 0 Å². The number of benzene rings is 3. The van der Waals surface area contributed by atoms with Crippen LogP contribution in [0.3, 0.4) is 0 Å². The molecule has 0 bridgehead atoms. The Morgan fingerprint density at radius 2 is 1.59 bits per heavy atom. The van der Waals surface area contributed by atoms with E-state index in [0.29, 0.717) is 17.1 Å². The Hall–Kier alpha value is -3.07. The first kappa shape index (κ1) is 20.7. The van der Waals surface area contributed by atoms with E-state index in [0.717, 1.165) is 14.7 Å². The van der Waals surface area contributed by atoms with Crippen LogP contribution in [0, 0.1) is 3.57 Å². The highest BCUT2D eigenvalue weighted by Crippen LogP contribution is 2.22. The number of amides is 2. The summed E-state index contributed by atoms with van der Waals surface area (Å²) >= 11 is 2.07. The van der Waals surface area contributed by atoms with Gasteiger partial charge in [0, 0.05) is 5.56 Å². The molecule has 0 aliphatic rings. The quantitative estimate of drug-likeness (QED) is 0.397. The summed E-state index contributed by atoms with van der Waals surface area (Å²) in [5.41, 5.74) is 7.28. The number of nitrogens with one attached hydrogen (secondary N) is 2. The average Bonchev–Trinajstić information content (AvgIpc) is 2.77. The molecular formula is C22H19IN2O4. The number of hydrogen-bond acceptors (Lipinski definition) is 4. The maximum atomic E-state index is 12.1. The van der Waals surface area contributed by atoms with Crippen molar-refractivity contribution in [2.45, 2.75) is 0 Å². The molecule has 2 amide bonds. The number of carbonyl (C=O) groups is 2. The van der Waals surface area contributed by atoms with Gasteiger partial charge in [-0.2, -0.15) is 0 Å². The lowest BCUT2D eigenvalue weighted by Gasteiger charge is -2.10. The maximum Gasteiger partial charge on any atom is 0.276 e. The monoisotopic (exact) mass is 502 g/mol. The van der Waals surface area contributed by atoms with Gasteiger partial charge in [-0.15, -0.1) is 0 Å². The molecule has 0 unspecified atom stereocenters. The van der Waals surface area contributed by atoms with Gasteiger partial charge in [-0.25, -0.2) is 0 Å². The Labute approximate surface area is 182 Å². The van der Waals surface area contributed by atoms with Gasteiger partial charge in [0.2, 0.25) is 0 Å². The van der Waals surface area contributed by atoms with Gasteiger partial charge in [0.1, 0.15) is 11.5 Å². The Morgan fingerprint density at radius 1 is 0.897 bits per heavy atom. The predicted octanol–water partition coefficient (Wildman–Crippen LogP) is 3.81. The SMILES string of the molecule is COc1ccc(C(=O)NNC(=O)COc2ccc(-c3ccccc3)cc2)cc1I. The molecule has 3 aromatic carbocycles. The zero-order chi connectivity index (χ0) is 20.6. The van der Waals surface area contributed by atoms with Crippen LogP contribution in [0.25, 0.3) is 11.1 Å². The molecule has 3 aromatic rings. The van der Waals surface area contributed by atoms with Crippen molar-refractivity contribution >= 4 is 34.4 Å². The summed E-state index contributed by atoms with van der Waals surface area (Å²) in [4.78, 5) is 24.1. The molecule has 29 heavy (non-hydrogen) atoms. The normalized spacial score (nSPS) is 10.1. The van der Waals surface area contributed by atoms with Crippen LogP contribution in [-0.4, -0.2) is 25.5 Å². The molecule has 6 nitrogen and oxygen atoms in total. The second-order valence-electron chi connectivity index (χ2n) is 6.03. The first-order valence-corrected chi connectivity index (χ1v) is 9.85. The number of methoxy groups -OCH3 is 1. The molecule has 0 radical (unpaired) electrons. The second-order valence-corrected chi connectivity index (χ2v) is 7.19. The van der Waals surface area contributed by atoms with Gasteiger partial charge < -0.3 is 9.47 Å². The van der Waals surface area contributed by atoms with E-state index in [1.165, 1.54) is 0 Å². The third-order valence-corrected chi connectivity index (χ3v) is 4.90. The minimum Gasteiger partial charge on any atom is -0.496 e. The summed E-state index contributed by atoms with van der Waals surface area (Å²) in [6.45, 7) is -0.217. The third kappa shape index (κ3) is 5.71. The van der Waals surface area contributed by atoms with Crippen molar-refractivity contribution in [3.05, 3.63) is 81.9 Å². The summed E-state index contributed by atoms with van der Waals surface area (Å²) in [6, 6.07) is 22.4. The van der Waals surface area contributed by atoms with Gasteiger partial charge in [-0.05, 0) is 64.0 Å². The van der Waals surface area contributed by atoms with Crippen LogP contribution >= 0.6 is 22.6 Å². The third-order valence-electron chi connectivity index (χ3n) is 4.06. The molecule has 0 aliphatic heterocycles. The van der Waals surface area contributed by atoms with Crippen molar-refractivity contribution in [3.8, 4) is 22.6 Å². The van der Waals surface area contributed by atoms with Crippen LogP contribution in [0.2, 0.25) is 0 Å². The number of halogens is 1. The van der Waals surface area contributed by atoms with Crippen molar-refractivity contribution in [1.29, 1.82) is 0 Å². The van der Waals surface area contributed by atoms with Crippen molar-refractivity contribution in [3.63, 3.8) is 0 Å². The van der Waals surface area contributed by atoms with Crippen LogP contribution in [-0.2, 0) is 4.79 Å². The van der Waals surface area contributed by atoms with E-state index in [2.05, 4.69) is 33.4 Å². The molecule has 0 spiro atoms. The number of carbonyl (C=O) groups excluding carboxylic acids is 2. The number of rotatable bonds is 6. The minimum atomic E-state index is -0.464. The molecule has 0 aliphatic carbocycles. The lowest BCUT2D eigenvalue weighted by Crippen LogP contribution is -2.43. The van der Waals surface area contributed by atoms with Crippen LogP contribution in [0.1, 0.15) is 10.4 Å². The Morgan fingerprint density at radius 3 is 2.24 bits per heavy atom. The Balaban J connectivity index is 1.47. The van der Waals surface area contributed by atoms with Crippen molar-refractivity contribution < 1.29 is 19.1 Å². The lowest BCUT2D eigenvalue weighted by atomic mass is 10.1. The predicted molar refractivity (Wildman–Crippen MR) is 119 cm³/mol. The van der Waals surface area contributed by atoms with E-state index in [9.17, 15) is 9.59 Å². The van der Waals surface area contributed by atoms with Crippen LogP contribution in [0.15, 0.2) is 72.8 Å². The Kier molecular flexibility index (Phi) is 7.07. The molecule has 0 fully saturated rings. The fourth-order valence-corrected chi connectivity index (χ4v) is 3.30. The molecule has 148 valence electrons. The fraction of sp³-hybridized carbons (Fsp3) is 0.0909.